The van der Waals surface area contributed by atoms with Gasteiger partial charge in [-0.2, -0.15) is 0 Å². The number of nitrogens with one attached hydrogen (secondary N) is 1. The van der Waals surface area contributed by atoms with Gasteiger partial charge in [0.2, 0.25) is 0 Å². The first-order chi connectivity index (χ1) is 9.38. The summed E-state index contributed by atoms with van der Waals surface area (Å²) in [6.45, 7) is 1.88. The summed E-state index contributed by atoms with van der Waals surface area (Å²) in [5.74, 6) is -4.33. The quantitative estimate of drug-likeness (QED) is 0.794. The Balaban J connectivity index is 2.89. The van der Waals surface area contributed by atoms with Crippen molar-refractivity contribution in [3.63, 3.8) is 0 Å². The molecule has 0 aliphatic rings. The Kier molecular flexibility index (Phi) is 5.88. The summed E-state index contributed by atoms with van der Waals surface area (Å²) >= 11 is 5.36. The van der Waals surface area contributed by atoms with Gasteiger partial charge in [-0.15, -0.1) is 0 Å². The van der Waals surface area contributed by atoms with Crippen LogP contribution in [0.15, 0.2) is 12.1 Å². The first-order valence-corrected chi connectivity index (χ1v) is 6.43. The van der Waals surface area contributed by atoms with E-state index in [0.29, 0.717) is 6.42 Å². The number of amides is 1. The summed E-state index contributed by atoms with van der Waals surface area (Å²) in [5.41, 5.74) is -0.487. The molecule has 0 fully saturated rings. The van der Waals surface area contributed by atoms with Crippen LogP contribution in [0.4, 0.5) is 8.78 Å². The number of halogens is 3. The third-order valence-corrected chi connectivity index (χ3v) is 3.08. The summed E-state index contributed by atoms with van der Waals surface area (Å²) in [5, 5.41) is 10.4. The maximum atomic E-state index is 13.6. The van der Waals surface area contributed by atoms with Crippen molar-refractivity contribution < 1.29 is 23.5 Å². The van der Waals surface area contributed by atoms with Crippen molar-refractivity contribution >= 4 is 23.5 Å². The fraction of sp³-hybridized carbons (Fsp3) is 0.385. The van der Waals surface area contributed by atoms with E-state index in [2.05, 4.69) is 5.32 Å². The van der Waals surface area contributed by atoms with Crippen LogP contribution in [0.5, 0.6) is 0 Å². The standard InChI is InChI=1S/C13H14ClF2NO3/c1-2-3-4-9(13(19)20)17-12(18)7-5-6-8(15)10(14)11(7)16/h5-6,9H,2-4H2,1H3,(H,17,18)(H,19,20)/t9-/m0/s1. The predicted molar refractivity (Wildman–Crippen MR) is 69.8 cm³/mol. The molecule has 1 rings (SSSR count). The molecule has 0 unspecified atom stereocenters. The minimum Gasteiger partial charge on any atom is -0.480 e. The molecule has 4 nitrogen and oxygen atoms in total. The summed E-state index contributed by atoms with van der Waals surface area (Å²) < 4.78 is 26.6. The van der Waals surface area contributed by atoms with Gasteiger partial charge in [0.25, 0.3) is 5.91 Å². The summed E-state index contributed by atoms with van der Waals surface area (Å²) in [6.07, 6.45) is 1.59. The van der Waals surface area contributed by atoms with Crippen LogP contribution < -0.4 is 5.32 Å². The second kappa shape index (κ2) is 7.19. The van der Waals surface area contributed by atoms with E-state index in [4.69, 9.17) is 16.7 Å². The van der Waals surface area contributed by atoms with E-state index < -0.39 is 40.1 Å². The Labute approximate surface area is 119 Å². The van der Waals surface area contributed by atoms with Gasteiger partial charge in [-0.3, -0.25) is 4.79 Å². The molecule has 1 atom stereocenters. The lowest BCUT2D eigenvalue weighted by molar-refractivity contribution is -0.139. The Bertz CT molecular complexity index is 523. The van der Waals surface area contributed by atoms with E-state index in [9.17, 15) is 18.4 Å². The molecule has 0 spiro atoms. The number of carbonyl (C=O) groups excluding carboxylic acids is 1. The van der Waals surface area contributed by atoms with Crippen LogP contribution in [0.2, 0.25) is 5.02 Å². The Hall–Kier alpha value is -1.69. The SMILES string of the molecule is CCCC[C@H](NC(=O)c1ccc(F)c(Cl)c1F)C(=O)O. The van der Waals surface area contributed by atoms with Gasteiger partial charge in [0.1, 0.15) is 16.9 Å². The van der Waals surface area contributed by atoms with Gasteiger partial charge in [0.05, 0.1) is 5.56 Å². The number of rotatable bonds is 6. The molecule has 0 aliphatic carbocycles. The Morgan fingerprint density at radius 3 is 2.60 bits per heavy atom. The monoisotopic (exact) mass is 305 g/mol. The number of benzene rings is 1. The van der Waals surface area contributed by atoms with Crippen LogP contribution in [0.1, 0.15) is 36.5 Å². The zero-order chi connectivity index (χ0) is 15.3. The number of carboxylic acids is 1. The molecule has 0 saturated carbocycles. The maximum absolute atomic E-state index is 13.6. The third kappa shape index (κ3) is 3.90. The Morgan fingerprint density at radius 2 is 2.05 bits per heavy atom. The first kappa shape index (κ1) is 16.4. The smallest absolute Gasteiger partial charge is 0.326 e. The normalized spacial score (nSPS) is 12.0. The second-order valence-electron chi connectivity index (χ2n) is 4.23. The molecule has 7 heteroatoms. The first-order valence-electron chi connectivity index (χ1n) is 6.05. The van der Waals surface area contributed by atoms with Crippen LogP contribution in [-0.2, 0) is 4.79 Å². The van der Waals surface area contributed by atoms with Crippen molar-refractivity contribution in [1.29, 1.82) is 0 Å². The van der Waals surface area contributed by atoms with Crippen molar-refractivity contribution in [3.05, 3.63) is 34.4 Å². The van der Waals surface area contributed by atoms with Crippen LogP contribution in [0.3, 0.4) is 0 Å². The minimum atomic E-state index is -1.21. The molecular weight excluding hydrogens is 292 g/mol. The van der Waals surface area contributed by atoms with E-state index in [-0.39, 0.29) is 6.42 Å². The molecule has 2 N–H and O–H groups in total. The molecule has 0 radical (unpaired) electrons. The van der Waals surface area contributed by atoms with Gasteiger partial charge in [-0.05, 0) is 18.6 Å². The van der Waals surface area contributed by atoms with Gasteiger partial charge < -0.3 is 10.4 Å². The van der Waals surface area contributed by atoms with E-state index in [1.54, 1.807) is 0 Å². The van der Waals surface area contributed by atoms with Crippen LogP contribution in [-0.4, -0.2) is 23.0 Å². The van der Waals surface area contributed by atoms with Crippen LogP contribution >= 0.6 is 11.6 Å². The molecular formula is C13H14ClF2NO3. The Morgan fingerprint density at radius 1 is 1.40 bits per heavy atom. The molecule has 1 aromatic rings. The molecule has 0 aromatic heterocycles. The maximum Gasteiger partial charge on any atom is 0.326 e. The third-order valence-electron chi connectivity index (χ3n) is 2.73. The fourth-order valence-electron chi connectivity index (χ4n) is 1.60. The lowest BCUT2D eigenvalue weighted by Gasteiger charge is -2.14. The van der Waals surface area contributed by atoms with E-state index in [1.165, 1.54) is 0 Å². The van der Waals surface area contributed by atoms with Gasteiger partial charge in [0.15, 0.2) is 5.82 Å². The van der Waals surface area contributed by atoms with Crippen LogP contribution in [0.25, 0.3) is 0 Å². The van der Waals surface area contributed by atoms with Crippen molar-refractivity contribution in [2.45, 2.75) is 32.2 Å². The lowest BCUT2D eigenvalue weighted by atomic mass is 10.1. The molecule has 0 heterocycles. The number of unbranched alkanes of at least 4 members (excludes halogenated alkanes) is 1. The molecule has 0 aliphatic heterocycles. The summed E-state index contributed by atoms with van der Waals surface area (Å²) in [4.78, 5) is 22.8. The molecule has 1 aromatic carbocycles. The highest BCUT2D eigenvalue weighted by molar-refractivity contribution is 6.31. The number of carbonyl (C=O) groups is 2. The van der Waals surface area contributed by atoms with Gasteiger partial charge in [0, 0.05) is 0 Å². The average Bonchev–Trinajstić information content (AvgIpc) is 2.40. The summed E-state index contributed by atoms with van der Waals surface area (Å²) in [7, 11) is 0. The zero-order valence-electron chi connectivity index (χ0n) is 10.8. The molecule has 0 saturated heterocycles. The second-order valence-corrected chi connectivity index (χ2v) is 4.61. The number of hydrogen-bond acceptors (Lipinski definition) is 2. The van der Waals surface area contributed by atoms with Crippen molar-refractivity contribution in [2.24, 2.45) is 0 Å². The largest absolute Gasteiger partial charge is 0.480 e. The average molecular weight is 306 g/mol. The van der Waals surface area contributed by atoms with E-state index >= 15 is 0 Å². The van der Waals surface area contributed by atoms with E-state index in [1.807, 2.05) is 6.92 Å². The van der Waals surface area contributed by atoms with Crippen molar-refractivity contribution in [3.8, 4) is 0 Å². The van der Waals surface area contributed by atoms with Crippen LogP contribution in [0, 0.1) is 11.6 Å². The van der Waals surface area contributed by atoms with Gasteiger partial charge >= 0.3 is 5.97 Å². The highest BCUT2D eigenvalue weighted by Gasteiger charge is 2.23. The molecule has 110 valence electrons. The van der Waals surface area contributed by atoms with Gasteiger partial charge in [-0.1, -0.05) is 31.4 Å². The van der Waals surface area contributed by atoms with Gasteiger partial charge in [-0.25, -0.2) is 13.6 Å². The lowest BCUT2D eigenvalue weighted by Crippen LogP contribution is -2.41. The van der Waals surface area contributed by atoms with Crippen molar-refractivity contribution in [2.75, 3.05) is 0 Å². The minimum absolute atomic E-state index is 0.230. The molecule has 20 heavy (non-hydrogen) atoms. The number of carboxylic acid groups (broad SMARTS) is 1. The predicted octanol–water partition coefficient (Wildman–Crippen LogP) is 2.99. The molecule has 1 amide bonds. The van der Waals surface area contributed by atoms with Crippen molar-refractivity contribution in [1.82, 2.24) is 5.32 Å². The summed E-state index contributed by atoms with van der Waals surface area (Å²) in [6, 6.07) is 0.651. The fourth-order valence-corrected chi connectivity index (χ4v) is 1.77. The topological polar surface area (TPSA) is 66.4 Å². The highest BCUT2D eigenvalue weighted by atomic mass is 35.5. The number of aliphatic carboxylic acids is 1. The molecule has 0 bridgehead atoms. The number of hydrogen-bond donors (Lipinski definition) is 2. The zero-order valence-corrected chi connectivity index (χ0v) is 11.5. The van der Waals surface area contributed by atoms with E-state index in [0.717, 1.165) is 18.6 Å². The highest BCUT2D eigenvalue weighted by Crippen LogP contribution is 2.22.